The molecule has 0 spiro atoms. The van der Waals surface area contributed by atoms with E-state index in [4.69, 9.17) is 4.74 Å². The number of aryl methyl sites for hydroxylation is 1. The number of fused-ring (bicyclic) bond motifs is 3. The Morgan fingerprint density at radius 1 is 1.20 bits per heavy atom. The van der Waals surface area contributed by atoms with E-state index in [1.165, 1.54) is 18.2 Å². The average Bonchev–Trinajstić information content (AvgIpc) is 2.90. The van der Waals surface area contributed by atoms with Gasteiger partial charge >= 0.3 is 5.97 Å². The zero-order valence-corrected chi connectivity index (χ0v) is 12.2. The second-order valence-corrected chi connectivity index (χ2v) is 4.38. The molecule has 104 valence electrons. The number of rotatable bonds is 1. The molecule has 1 aromatic heterocycles. The number of carbonyl (C=O) groups excluding carboxylic acids is 1. The fraction of sp³-hybridized carbons (Fsp3) is 0.312. The van der Waals surface area contributed by atoms with E-state index in [9.17, 15) is 4.79 Å². The summed E-state index contributed by atoms with van der Waals surface area (Å²) in [6, 6.07) is 3.77. The van der Waals surface area contributed by atoms with Crippen LogP contribution in [0.15, 0.2) is 24.5 Å². The van der Waals surface area contributed by atoms with Crippen molar-refractivity contribution in [3.63, 3.8) is 0 Å². The first-order valence-electron chi connectivity index (χ1n) is 6.73. The number of hydrogen-bond donors (Lipinski definition) is 0. The molecule has 1 aliphatic carbocycles. The molecule has 1 aliphatic rings. The van der Waals surface area contributed by atoms with Crippen LogP contribution < -0.4 is 0 Å². The van der Waals surface area contributed by atoms with Crippen molar-refractivity contribution in [1.82, 2.24) is 10.2 Å². The van der Waals surface area contributed by atoms with Crippen LogP contribution in [0.1, 0.15) is 40.9 Å². The molecule has 0 N–H and O–H groups in total. The third-order valence-corrected chi connectivity index (χ3v) is 3.40. The number of ether oxygens (including phenoxy) is 1. The summed E-state index contributed by atoms with van der Waals surface area (Å²) >= 11 is 0. The summed E-state index contributed by atoms with van der Waals surface area (Å²) < 4.78 is 4.84. The van der Waals surface area contributed by atoms with Crippen molar-refractivity contribution in [2.45, 2.75) is 27.2 Å². The van der Waals surface area contributed by atoms with Gasteiger partial charge in [-0.05, 0) is 29.7 Å². The Hall–Kier alpha value is -2.23. The molecule has 0 saturated heterocycles. The topological polar surface area (TPSA) is 52.1 Å². The second-order valence-electron chi connectivity index (χ2n) is 4.38. The van der Waals surface area contributed by atoms with Gasteiger partial charge in [0.15, 0.2) is 0 Å². The molecule has 0 aliphatic heterocycles. The summed E-state index contributed by atoms with van der Waals surface area (Å²) in [4.78, 5) is 11.8. The Bertz CT molecular complexity index is 651. The van der Waals surface area contributed by atoms with Crippen LogP contribution in [0, 0.1) is 6.92 Å². The van der Waals surface area contributed by atoms with Gasteiger partial charge in [-0.25, -0.2) is 4.79 Å². The maximum Gasteiger partial charge on any atom is 0.338 e. The molecule has 4 nitrogen and oxygen atoms in total. The van der Waals surface area contributed by atoms with Crippen molar-refractivity contribution in [1.29, 1.82) is 0 Å². The predicted molar refractivity (Wildman–Crippen MR) is 77.7 cm³/mol. The second kappa shape index (κ2) is 5.82. The van der Waals surface area contributed by atoms with Crippen molar-refractivity contribution in [2.75, 3.05) is 7.11 Å². The quantitative estimate of drug-likeness (QED) is 0.637. The van der Waals surface area contributed by atoms with Crippen LogP contribution in [-0.4, -0.2) is 23.3 Å². The van der Waals surface area contributed by atoms with E-state index in [1.54, 1.807) is 12.4 Å². The van der Waals surface area contributed by atoms with E-state index >= 15 is 0 Å². The number of carbonyl (C=O) groups is 1. The van der Waals surface area contributed by atoms with Crippen molar-refractivity contribution in [3.05, 3.63) is 46.8 Å². The van der Waals surface area contributed by atoms with Gasteiger partial charge < -0.3 is 4.74 Å². The van der Waals surface area contributed by atoms with Crippen molar-refractivity contribution < 1.29 is 9.53 Å². The maximum atomic E-state index is 11.8. The standard InChI is InChI=1S/C14H12N2O2.C2H6/c1-8-3-4-10(14(17)18-2)13-11(8)5-9-6-15-16-7-12(9)13;1-2/h3-4,6-7H,5H2,1-2H3;1-2H3. The number of esters is 1. The molecular weight excluding hydrogens is 252 g/mol. The van der Waals surface area contributed by atoms with Crippen LogP contribution >= 0.6 is 0 Å². The number of aromatic nitrogens is 2. The lowest BCUT2D eigenvalue weighted by molar-refractivity contribution is 0.0601. The first kappa shape index (κ1) is 14.2. The Morgan fingerprint density at radius 3 is 2.60 bits per heavy atom. The third kappa shape index (κ3) is 2.18. The molecule has 0 radical (unpaired) electrons. The normalized spacial score (nSPS) is 11.0. The first-order valence-corrected chi connectivity index (χ1v) is 6.73. The minimum atomic E-state index is -0.309. The predicted octanol–water partition coefficient (Wildman–Crippen LogP) is 3.17. The highest BCUT2D eigenvalue weighted by Gasteiger charge is 2.26. The Morgan fingerprint density at radius 2 is 1.90 bits per heavy atom. The highest BCUT2D eigenvalue weighted by atomic mass is 16.5. The van der Waals surface area contributed by atoms with Gasteiger partial charge in [-0.3, -0.25) is 0 Å². The molecule has 3 rings (SSSR count). The third-order valence-electron chi connectivity index (χ3n) is 3.40. The zero-order valence-electron chi connectivity index (χ0n) is 12.2. The molecule has 2 aromatic rings. The van der Waals surface area contributed by atoms with Crippen LogP contribution in [0.4, 0.5) is 0 Å². The summed E-state index contributed by atoms with van der Waals surface area (Å²) in [7, 11) is 1.40. The van der Waals surface area contributed by atoms with Gasteiger partial charge in [0.05, 0.1) is 25.1 Å². The maximum absolute atomic E-state index is 11.8. The number of methoxy groups -OCH3 is 1. The fourth-order valence-electron chi connectivity index (χ4n) is 2.47. The van der Waals surface area contributed by atoms with E-state index in [1.807, 2.05) is 32.9 Å². The van der Waals surface area contributed by atoms with Gasteiger partial charge in [0.25, 0.3) is 0 Å². The molecule has 0 unspecified atom stereocenters. The largest absolute Gasteiger partial charge is 0.465 e. The number of hydrogen-bond acceptors (Lipinski definition) is 4. The van der Waals surface area contributed by atoms with Crippen molar-refractivity contribution >= 4 is 5.97 Å². The zero-order chi connectivity index (χ0) is 14.7. The number of nitrogens with zero attached hydrogens (tertiary/aromatic N) is 2. The molecular formula is C16H18N2O2. The molecule has 20 heavy (non-hydrogen) atoms. The summed E-state index contributed by atoms with van der Waals surface area (Å²) in [6.07, 6.45) is 4.28. The van der Waals surface area contributed by atoms with Gasteiger partial charge in [-0.1, -0.05) is 19.9 Å². The van der Waals surface area contributed by atoms with E-state index in [2.05, 4.69) is 10.2 Å². The molecule has 1 aromatic carbocycles. The molecule has 0 amide bonds. The molecule has 0 bridgehead atoms. The lowest BCUT2D eigenvalue weighted by atomic mass is 9.97. The highest BCUT2D eigenvalue weighted by molar-refractivity contribution is 6.00. The van der Waals surface area contributed by atoms with Crippen LogP contribution in [-0.2, 0) is 11.2 Å². The Balaban J connectivity index is 0.000000704. The van der Waals surface area contributed by atoms with Gasteiger partial charge in [0.2, 0.25) is 0 Å². The molecule has 0 saturated carbocycles. The van der Waals surface area contributed by atoms with E-state index in [-0.39, 0.29) is 5.97 Å². The van der Waals surface area contributed by atoms with Gasteiger partial charge in [-0.2, -0.15) is 10.2 Å². The lowest BCUT2D eigenvalue weighted by Gasteiger charge is -2.09. The SMILES string of the molecule is CC.COC(=O)c1ccc(C)c2c1-c1cnncc1C2. The van der Waals surface area contributed by atoms with Gasteiger partial charge in [0.1, 0.15) is 0 Å². The van der Waals surface area contributed by atoms with Crippen molar-refractivity contribution in [3.8, 4) is 11.1 Å². The van der Waals surface area contributed by atoms with Crippen molar-refractivity contribution in [2.24, 2.45) is 0 Å². The smallest absolute Gasteiger partial charge is 0.338 e. The monoisotopic (exact) mass is 270 g/mol. The fourth-order valence-corrected chi connectivity index (χ4v) is 2.47. The van der Waals surface area contributed by atoms with Crippen LogP contribution in [0.3, 0.4) is 0 Å². The van der Waals surface area contributed by atoms with Crippen LogP contribution in [0.25, 0.3) is 11.1 Å². The summed E-state index contributed by atoms with van der Waals surface area (Å²) in [6.45, 7) is 6.05. The Labute approximate surface area is 118 Å². The van der Waals surface area contributed by atoms with Crippen LogP contribution in [0.5, 0.6) is 0 Å². The molecule has 0 fully saturated rings. The molecule has 0 atom stereocenters. The van der Waals surface area contributed by atoms with Gasteiger partial charge in [-0.15, -0.1) is 0 Å². The van der Waals surface area contributed by atoms with E-state index < -0.39 is 0 Å². The minimum Gasteiger partial charge on any atom is -0.465 e. The van der Waals surface area contributed by atoms with E-state index in [0.29, 0.717) is 5.56 Å². The Kier molecular flexibility index (Phi) is 4.13. The van der Waals surface area contributed by atoms with Crippen LogP contribution in [0.2, 0.25) is 0 Å². The molecule has 1 heterocycles. The minimum absolute atomic E-state index is 0.309. The molecule has 4 heteroatoms. The highest BCUT2D eigenvalue weighted by Crippen LogP contribution is 2.39. The van der Waals surface area contributed by atoms with E-state index in [0.717, 1.165) is 23.1 Å². The summed E-state index contributed by atoms with van der Waals surface area (Å²) in [5.74, 6) is -0.309. The number of benzene rings is 1. The van der Waals surface area contributed by atoms with Gasteiger partial charge in [0, 0.05) is 17.5 Å². The average molecular weight is 270 g/mol. The first-order chi connectivity index (χ1) is 9.72. The lowest BCUT2D eigenvalue weighted by Crippen LogP contribution is -2.04. The summed E-state index contributed by atoms with van der Waals surface area (Å²) in [5, 5.41) is 7.81. The summed E-state index contributed by atoms with van der Waals surface area (Å²) in [5.41, 5.74) is 6.00.